The van der Waals surface area contributed by atoms with Gasteiger partial charge in [-0.25, -0.2) is 9.67 Å². The summed E-state index contributed by atoms with van der Waals surface area (Å²) in [7, 11) is 0. The van der Waals surface area contributed by atoms with Gasteiger partial charge in [-0.2, -0.15) is 5.10 Å². The molecule has 4 rings (SSSR count). The van der Waals surface area contributed by atoms with Gasteiger partial charge in [0.05, 0.1) is 11.2 Å². The van der Waals surface area contributed by atoms with E-state index in [1.54, 1.807) is 18.3 Å². The molecule has 3 aromatic rings. The van der Waals surface area contributed by atoms with E-state index < -0.39 is 17.9 Å². The van der Waals surface area contributed by atoms with Crippen LogP contribution in [0.25, 0.3) is 16.7 Å². The third-order valence-corrected chi connectivity index (χ3v) is 5.55. The van der Waals surface area contributed by atoms with Crippen molar-refractivity contribution in [1.82, 2.24) is 20.1 Å². The number of carbonyl (C=O) groups is 2. The second-order valence-electron chi connectivity index (χ2n) is 7.59. The molecule has 1 aliphatic carbocycles. The Morgan fingerprint density at radius 2 is 1.97 bits per heavy atom. The Morgan fingerprint density at radius 1 is 1.17 bits per heavy atom. The zero-order valence-corrected chi connectivity index (χ0v) is 16.3. The van der Waals surface area contributed by atoms with Gasteiger partial charge in [-0.1, -0.05) is 31.4 Å². The fraction of sp³-hybridized carbons (Fsp3) is 0.364. The van der Waals surface area contributed by atoms with Crippen molar-refractivity contribution < 1.29 is 14.7 Å². The number of amides is 1. The lowest BCUT2D eigenvalue weighted by Gasteiger charge is -2.22. The van der Waals surface area contributed by atoms with Crippen molar-refractivity contribution in [2.75, 3.05) is 0 Å². The largest absolute Gasteiger partial charge is 0.480 e. The summed E-state index contributed by atoms with van der Waals surface area (Å²) in [5, 5.41) is 17.3. The summed E-state index contributed by atoms with van der Waals surface area (Å²) >= 11 is 0. The number of aromatic nitrogens is 3. The number of hydrogen-bond donors (Lipinski definition) is 2. The normalized spacial score (nSPS) is 15.9. The first-order valence-electron chi connectivity index (χ1n) is 10.0. The van der Waals surface area contributed by atoms with Crippen LogP contribution in [-0.2, 0) is 4.79 Å². The van der Waals surface area contributed by atoms with Crippen molar-refractivity contribution in [3.05, 3.63) is 53.9 Å². The van der Waals surface area contributed by atoms with Gasteiger partial charge in [0.2, 0.25) is 0 Å². The Bertz CT molecular complexity index is 1040. The summed E-state index contributed by atoms with van der Waals surface area (Å²) in [6.45, 7) is 1.44. The highest BCUT2D eigenvalue weighted by Gasteiger charge is 2.25. The molecule has 0 saturated heterocycles. The fourth-order valence-electron chi connectivity index (χ4n) is 4.01. The number of aliphatic carboxylic acids is 1. The Kier molecular flexibility index (Phi) is 5.29. The number of rotatable bonds is 5. The van der Waals surface area contributed by atoms with Crippen LogP contribution in [0.3, 0.4) is 0 Å². The van der Waals surface area contributed by atoms with Gasteiger partial charge >= 0.3 is 5.97 Å². The van der Waals surface area contributed by atoms with Gasteiger partial charge in [0.1, 0.15) is 6.04 Å². The number of hydrogen-bond acceptors (Lipinski definition) is 4. The lowest BCUT2D eigenvalue weighted by Crippen LogP contribution is -2.38. The fourth-order valence-corrected chi connectivity index (χ4v) is 4.01. The smallest absolute Gasteiger partial charge is 0.325 e. The van der Waals surface area contributed by atoms with Crippen molar-refractivity contribution >= 4 is 22.8 Å². The Hall–Kier alpha value is -3.22. The highest BCUT2D eigenvalue weighted by molar-refractivity contribution is 5.99. The summed E-state index contributed by atoms with van der Waals surface area (Å²) in [6.07, 6.45) is 7.65. The van der Waals surface area contributed by atoms with Crippen LogP contribution in [0.5, 0.6) is 0 Å². The van der Waals surface area contributed by atoms with E-state index in [0.29, 0.717) is 17.0 Å². The molecule has 2 heterocycles. The van der Waals surface area contributed by atoms with Gasteiger partial charge in [-0.05, 0) is 44.0 Å². The van der Waals surface area contributed by atoms with Crippen LogP contribution in [-0.4, -0.2) is 37.8 Å². The molecule has 1 aromatic carbocycles. The maximum absolute atomic E-state index is 12.4. The van der Waals surface area contributed by atoms with E-state index in [0.717, 1.165) is 29.7 Å². The molecule has 7 heteroatoms. The van der Waals surface area contributed by atoms with Gasteiger partial charge in [0.15, 0.2) is 5.82 Å². The van der Waals surface area contributed by atoms with E-state index in [2.05, 4.69) is 10.3 Å². The number of fused-ring (bicyclic) bond motifs is 1. The Balaban J connectivity index is 1.77. The molecule has 1 amide bonds. The van der Waals surface area contributed by atoms with Crippen LogP contribution in [0.15, 0.2) is 42.6 Å². The number of carboxylic acid groups (broad SMARTS) is 1. The van der Waals surface area contributed by atoms with E-state index in [-0.39, 0.29) is 0 Å². The summed E-state index contributed by atoms with van der Waals surface area (Å²) in [5.41, 5.74) is 2.25. The van der Waals surface area contributed by atoms with Crippen LogP contribution in [0, 0.1) is 0 Å². The van der Waals surface area contributed by atoms with Crippen molar-refractivity contribution in [1.29, 1.82) is 0 Å². The average Bonchev–Trinajstić information content (AvgIpc) is 3.13. The molecule has 0 radical (unpaired) electrons. The zero-order valence-electron chi connectivity index (χ0n) is 16.3. The molecular weight excluding hydrogens is 368 g/mol. The standard InChI is InChI=1S/C22H24N4O3/c1-14(22(28)29)24-21(27)16-10-11-17-18(13-16)25-26(19-9-5-6-12-23-19)20(17)15-7-3-2-4-8-15/h5-6,9-15H,2-4,7-8H2,1H3,(H,24,27)(H,28,29)/t14-/m1/s1. The monoisotopic (exact) mass is 392 g/mol. The maximum atomic E-state index is 12.4. The molecule has 150 valence electrons. The molecule has 7 nitrogen and oxygen atoms in total. The van der Waals surface area contributed by atoms with Gasteiger partial charge < -0.3 is 10.4 Å². The summed E-state index contributed by atoms with van der Waals surface area (Å²) < 4.78 is 1.90. The molecular formula is C22H24N4O3. The highest BCUT2D eigenvalue weighted by Crippen LogP contribution is 2.37. The third kappa shape index (κ3) is 3.85. The van der Waals surface area contributed by atoms with E-state index in [4.69, 9.17) is 10.2 Å². The van der Waals surface area contributed by atoms with Crippen LogP contribution in [0.2, 0.25) is 0 Å². The van der Waals surface area contributed by atoms with E-state index >= 15 is 0 Å². The summed E-state index contributed by atoms with van der Waals surface area (Å²) in [6, 6.07) is 10.2. The number of carbonyl (C=O) groups excluding carboxylic acids is 1. The summed E-state index contributed by atoms with van der Waals surface area (Å²) in [4.78, 5) is 27.9. The lowest BCUT2D eigenvalue weighted by atomic mass is 9.85. The van der Waals surface area contributed by atoms with E-state index in [9.17, 15) is 9.59 Å². The van der Waals surface area contributed by atoms with Crippen LogP contribution in [0.4, 0.5) is 0 Å². The van der Waals surface area contributed by atoms with Crippen molar-refractivity contribution in [2.45, 2.75) is 51.0 Å². The first-order valence-corrected chi connectivity index (χ1v) is 10.0. The second-order valence-corrected chi connectivity index (χ2v) is 7.59. The number of nitrogens with zero attached hydrogens (tertiary/aromatic N) is 3. The minimum Gasteiger partial charge on any atom is -0.480 e. The molecule has 0 spiro atoms. The molecule has 29 heavy (non-hydrogen) atoms. The predicted molar refractivity (Wildman–Crippen MR) is 109 cm³/mol. The first-order chi connectivity index (χ1) is 14.0. The third-order valence-electron chi connectivity index (χ3n) is 5.55. The average molecular weight is 392 g/mol. The minimum absolute atomic E-state index is 0.395. The highest BCUT2D eigenvalue weighted by atomic mass is 16.4. The molecule has 1 fully saturated rings. The Morgan fingerprint density at radius 3 is 2.66 bits per heavy atom. The lowest BCUT2D eigenvalue weighted by molar-refractivity contribution is -0.138. The molecule has 0 bridgehead atoms. The topological polar surface area (TPSA) is 97.1 Å². The first kappa shape index (κ1) is 19.1. The van der Waals surface area contributed by atoms with E-state index in [1.807, 2.05) is 28.9 Å². The quantitative estimate of drug-likeness (QED) is 0.690. The van der Waals surface area contributed by atoms with Crippen LogP contribution >= 0.6 is 0 Å². The molecule has 1 aliphatic rings. The SMILES string of the molecule is C[C@@H](NC(=O)c1ccc2c(C3CCCCC3)n(-c3ccccn3)nc2c1)C(=O)O. The zero-order chi connectivity index (χ0) is 20.4. The number of benzene rings is 1. The molecule has 1 atom stereocenters. The maximum Gasteiger partial charge on any atom is 0.325 e. The summed E-state index contributed by atoms with van der Waals surface area (Å²) in [5.74, 6) is -0.330. The second kappa shape index (κ2) is 8.03. The molecule has 0 unspecified atom stereocenters. The van der Waals surface area contributed by atoms with Gasteiger partial charge in [-0.3, -0.25) is 9.59 Å². The number of pyridine rings is 1. The van der Waals surface area contributed by atoms with E-state index in [1.165, 1.54) is 26.2 Å². The van der Waals surface area contributed by atoms with Crippen molar-refractivity contribution in [3.8, 4) is 5.82 Å². The number of nitrogens with one attached hydrogen (secondary N) is 1. The predicted octanol–water partition coefficient (Wildman–Crippen LogP) is 3.67. The number of carboxylic acids is 1. The molecule has 1 saturated carbocycles. The van der Waals surface area contributed by atoms with Gasteiger partial charge in [0, 0.05) is 23.1 Å². The van der Waals surface area contributed by atoms with Crippen LogP contribution in [0.1, 0.15) is 61.0 Å². The van der Waals surface area contributed by atoms with Crippen LogP contribution < -0.4 is 5.32 Å². The Labute approximate surface area is 168 Å². The van der Waals surface area contributed by atoms with Crippen molar-refractivity contribution in [2.24, 2.45) is 0 Å². The molecule has 2 N–H and O–H groups in total. The van der Waals surface area contributed by atoms with Gasteiger partial charge in [0.25, 0.3) is 5.91 Å². The van der Waals surface area contributed by atoms with Gasteiger partial charge in [-0.15, -0.1) is 0 Å². The molecule has 2 aromatic heterocycles. The molecule has 0 aliphatic heterocycles. The van der Waals surface area contributed by atoms with Crippen molar-refractivity contribution in [3.63, 3.8) is 0 Å². The minimum atomic E-state index is -1.07.